The van der Waals surface area contributed by atoms with Crippen LogP contribution in [0.4, 0.5) is 0 Å². The molecule has 1 amide bonds. The van der Waals surface area contributed by atoms with E-state index >= 15 is 0 Å². The van der Waals surface area contributed by atoms with Crippen molar-refractivity contribution in [2.45, 2.75) is 19.0 Å². The Bertz CT molecular complexity index is 348. The molecule has 1 aliphatic rings. The van der Waals surface area contributed by atoms with Crippen molar-refractivity contribution >= 4 is 12.1 Å². The maximum atomic E-state index is 11.6. The van der Waals surface area contributed by atoms with Gasteiger partial charge in [-0.25, -0.2) is 0 Å². The molecule has 0 aliphatic carbocycles. The highest BCUT2D eigenvalue weighted by molar-refractivity contribution is 5.94. The Morgan fingerprint density at radius 2 is 2.50 bits per heavy atom. The van der Waals surface area contributed by atoms with Gasteiger partial charge in [-0.1, -0.05) is 0 Å². The maximum absolute atomic E-state index is 11.6. The predicted molar refractivity (Wildman–Crippen MR) is 53.2 cm³/mol. The number of carbonyl (C=O) groups is 1. The van der Waals surface area contributed by atoms with Gasteiger partial charge in [0.2, 0.25) is 0 Å². The predicted octanol–water partition coefficient (Wildman–Crippen LogP) is 1.00. The Hall–Kier alpha value is -1.71. The van der Waals surface area contributed by atoms with Crippen LogP contribution in [0.2, 0.25) is 0 Å². The number of aliphatic imine (C=N–C) groups is 1. The average molecular weight is 189 g/mol. The molecule has 1 aromatic heterocycles. The van der Waals surface area contributed by atoms with Crippen molar-refractivity contribution in [3.8, 4) is 0 Å². The summed E-state index contributed by atoms with van der Waals surface area (Å²) in [5.41, 5.74) is 0.578. The summed E-state index contributed by atoms with van der Waals surface area (Å²) in [6, 6.07) is 3.48. The molecular weight excluding hydrogens is 178 g/mol. The van der Waals surface area contributed by atoms with Crippen LogP contribution in [0, 0.1) is 0 Å². The van der Waals surface area contributed by atoms with Gasteiger partial charge >= 0.3 is 0 Å². The van der Waals surface area contributed by atoms with E-state index < -0.39 is 0 Å². The normalized spacial score (nSPS) is 19.6. The number of hydrogen-bond donors (Lipinski definition) is 1. The molecule has 1 unspecified atom stereocenters. The number of aromatic nitrogens is 1. The van der Waals surface area contributed by atoms with Gasteiger partial charge in [0.1, 0.15) is 6.17 Å². The molecule has 4 heteroatoms. The maximum Gasteiger partial charge on any atom is 0.254 e. The Morgan fingerprint density at radius 1 is 1.57 bits per heavy atom. The summed E-state index contributed by atoms with van der Waals surface area (Å²) in [5, 5.41) is 2.82. The summed E-state index contributed by atoms with van der Waals surface area (Å²) >= 11 is 0. The lowest BCUT2D eigenvalue weighted by Gasteiger charge is -2.08. The summed E-state index contributed by atoms with van der Waals surface area (Å²) in [5.74, 6) is -0.109. The zero-order valence-corrected chi connectivity index (χ0v) is 7.68. The lowest BCUT2D eigenvalue weighted by atomic mass is 10.2. The van der Waals surface area contributed by atoms with Gasteiger partial charge in [-0.15, -0.1) is 0 Å². The van der Waals surface area contributed by atoms with Crippen LogP contribution in [0.1, 0.15) is 23.2 Å². The summed E-state index contributed by atoms with van der Waals surface area (Å²) in [4.78, 5) is 19.6. The fraction of sp³-hybridized carbons (Fsp3) is 0.300. The zero-order chi connectivity index (χ0) is 9.80. The van der Waals surface area contributed by atoms with E-state index in [0.717, 1.165) is 12.8 Å². The second kappa shape index (κ2) is 4.00. The van der Waals surface area contributed by atoms with Crippen LogP contribution in [-0.2, 0) is 0 Å². The Morgan fingerprint density at radius 3 is 3.14 bits per heavy atom. The minimum atomic E-state index is -0.109. The molecular formula is C10H11N3O. The van der Waals surface area contributed by atoms with Crippen LogP contribution in [-0.4, -0.2) is 23.3 Å². The molecule has 72 valence electrons. The second-order valence-corrected chi connectivity index (χ2v) is 3.14. The molecule has 2 heterocycles. The number of pyridine rings is 1. The van der Waals surface area contributed by atoms with Crippen molar-refractivity contribution in [3.63, 3.8) is 0 Å². The molecule has 0 radical (unpaired) electrons. The van der Waals surface area contributed by atoms with Crippen molar-refractivity contribution in [1.29, 1.82) is 0 Å². The molecule has 0 fully saturated rings. The van der Waals surface area contributed by atoms with E-state index in [0.29, 0.717) is 5.56 Å². The fourth-order valence-electron chi connectivity index (χ4n) is 1.35. The molecule has 0 aromatic carbocycles. The highest BCUT2D eigenvalue weighted by atomic mass is 16.1. The fourth-order valence-corrected chi connectivity index (χ4v) is 1.35. The first kappa shape index (κ1) is 8.87. The van der Waals surface area contributed by atoms with Crippen molar-refractivity contribution in [1.82, 2.24) is 10.3 Å². The molecule has 14 heavy (non-hydrogen) atoms. The lowest BCUT2D eigenvalue weighted by molar-refractivity contribution is 0.0938. The minimum absolute atomic E-state index is 0.0530. The third-order valence-corrected chi connectivity index (χ3v) is 2.08. The number of nitrogens with zero attached hydrogens (tertiary/aromatic N) is 2. The SMILES string of the molecule is O=C(NC1CCC=N1)c1cccnc1. The Kier molecular flexibility index (Phi) is 2.53. The average Bonchev–Trinajstić information content (AvgIpc) is 2.72. The van der Waals surface area contributed by atoms with E-state index in [1.807, 2.05) is 6.21 Å². The van der Waals surface area contributed by atoms with E-state index in [9.17, 15) is 4.79 Å². The van der Waals surface area contributed by atoms with Crippen LogP contribution >= 0.6 is 0 Å². The number of hydrogen-bond acceptors (Lipinski definition) is 3. The van der Waals surface area contributed by atoms with Crippen LogP contribution in [0.15, 0.2) is 29.5 Å². The first-order valence-corrected chi connectivity index (χ1v) is 4.59. The van der Waals surface area contributed by atoms with E-state index in [1.165, 1.54) is 0 Å². The highest BCUT2D eigenvalue weighted by Crippen LogP contribution is 2.06. The van der Waals surface area contributed by atoms with Gasteiger partial charge in [0, 0.05) is 18.6 Å². The molecule has 1 N–H and O–H groups in total. The topological polar surface area (TPSA) is 54.4 Å². The first-order valence-electron chi connectivity index (χ1n) is 4.59. The number of amides is 1. The molecule has 1 atom stereocenters. The van der Waals surface area contributed by atoms with E-state index in [2.05, 4.69) is 15.3 Å². The van der Waals surface area contributed by atoms with Crippen molar-refractivity contribution in [2.24, 2.45) is 4.99 Å². The zero-order valence-electron chi connectivity index (χ0n) is 7.68. The minimum Gasteiger partial charge on any atom is -0.330 e. The summed E-state index contributed by atoms with van der Waals surface area (Å²) < 4.78 is 0. The van der Waals surface area contributed by atoms with Gasteiger partial charge < -0.3 is 5.32 Å². The molecule has 0 saturated heterocycles. The molecule has 1 aliphatic heterocycles. The summed E-state index contributed by atoms with van der Waals surface area (Å²) in [6.45, 7) is 0. The van der Waals surface area contributed by atoms with Gasteiger partial charge in [0.05, 0.1) is 5.56 Å². The van der Waals surface area contributed by atoms with Crippen LogP contribution < -0.4 is 5.32 Å². The molecule has 0 bridgehead atoms. The molecule has 0 spiro atoms. The smallest absolute Gasteiger partial charge is 0.254 e. The van der Waals surface area contributed by atoms with Crippen molar-refractivity contribution in [2.75, 3.05) is 0 Å². The highest BCUT2D eigenvalue weighted by Gasteiger charge is 2.14. The standard InChI is InChI=1S/C10H11N3O/c14-10(8-3-1-5-11-7-8)13-9-4-2-6-12-9/h1,3,5-7,9H,2,4H2,(H,13,14). The van der Waals surface area contributed by atoms with E-state index in [4.69, 9.17) is 0 Å². The first-order chi connectivity index (χ1) is 6.86. The third kappa shape index (κ3) is 1.96. The molecule has 4 nitrogen and oxygen atoms in total. The molecule has 2 rings (SSSR count). The van der Waals surface area contributed by atoms with Gasteiger partial charge in [-0.05, 0) is 25.0 Å². The third-order valence-electron chi connectivity index (χ3n) is 2.08. The number of carbonyl (C=O) groups excluding carboxylic acids is 1. The van der Waals surface area contributed by atoms with Crippen LogP contribution in [0.3, 0.4) is 0 Å². The second-order valence-electron chi connectivity index (χ2n) is 3.14. The van der Waals surface area contributed by atoms with Gasteiger partial charge in [0.15, 0.2) is 0 Å². The van der Waals surface area contributed by atoms with Crippen LogP contribution in [0.25, 0.3) is 0 Å². The lowest BCUT2D eigenvalue weighted by Crippen LogP contribution is -2.31. The van der Waals surface area contributed by atoms with E-state index in [-0.39, 0.29) is 12.1 Å². The largest absolute Gasteiger partial charge is 0.330 e. The van der Waals surface area contributed by atoms with Gasteiger partial charge in [0.25, 0.3) is 5.91 Å². The molecule has 1 aromatic rings. The monoisotopic (exact) mass is 189 g/mol. The van der Waals surface area contributed by atoms with Gasteiger partial charge in [-0.2, -0.15) is 0 Å². The van der Waals surface area contributed by atoms with Crippen molar-refractivity contribution in [3.05, 3.63) is 30.1 Å². The Labute approximate surface area is 82.1 Å². The van der Waals surface area contributed by atoms with E-state index in [1.54, 1.807) is 24.5 Å². The quantitative estimate of drug-likeness (QED) is 0.754. The van der Waals surface area contributed by atoms with Gasteiger partial charge in [-0.3, -0.25) is 14.8 Å². The number of nitrogens with one attached hydrogen (secondary N) is 1. The Balaban J connectivity index is 1.99. The van der Waals surface area contributed by atoms with Crippen LogP contribution in [0.5, 0.6) is 0 Å². The number of rotatable bonds is 2. The summed E-state index contributed by atoms with van der Waals surface area (Å²) in [7, 11) is 0. The summed E-state index contributed by atoms with van der Waals surface area (Å²) in [6.07, 6.45) is 6.82. The molecule has 0 saturated carbocycles. The van der Waals surface area contributed by atoms with Crippen molar-refractivity contribution < 1.29 is 4.79 Å².